The van der Waals surface area contributed by atoms with Crippen LogP contribution in [0.4, 0.5) is 0 Å². The third-order valence-electron chi connectivity index (χ3n) is 4.60. The van der Waals surface area contributed by atoms with Gasteiger partial charge in [-0.2, -0.15) is 0 Å². The lowest BCUT2D eigenvalue weighted by molar-refractivity contribution is 0.700. The number of hydrogen-bond donors (Lipinski definition) is 0. The first-order valence-electron chi connectivity index (χ1n) is 8.42. The van der Waals surface area contributed by atoms with Crippen LogP contribution in [0.15, 0.2) is 85.0 Å². The standard InChI is InChI=1S/C22H27PS/c1-5-22(4,18-12-13-19(2)3)23(24,20-14-8-6-9-15-20)21-16-10-7-11-17-21/h5-11,13-17H,1,12,18H2,2-4H3. The quantitative estimate of drug-likeness (QED) is 0.447. The van der Waals surface area contributed by atoms with E-state index in [1.165, 1.54) is 16.2 Å². The van der Waals surface area contributed by atoms with Gasteiger partial charge < -0.3 is 0 Å². The van der Waals surface area contributed by atoms with Crippen molar-refractivity contribution in [3.8, 4) is 0 Å². The molecule has 24 heavy (non-hydrogen) atoms. The zero-order chi connectivity index (χ0) is 17.6. The molecule has 0 aliphatic heterocycles. The Balaban J connectivity index is 2.59. The Morgan fingerprint density at radius 3 is 1.83 bits per heavy atom. The second-order valence-corrected chi connectivity index (χ2v) is 11.6. The van der Waals surface area contributed by atoms with E-state index in [1.54, 1.807) is 0 Å². The van der Waals surface area contributed by atoms with Gasteiger partial charge in [0.15, 0.2) is 0 Å². The molecule has 0 fully saturated rings. The zero-order valence-electron chi connectivity index (χ0n) is 14.9. The zero-order valence-corrected chi connectivity index (χ0v) is 16.6. The van der Waals surface area contributed by atoms with Crippen LogP contribution < -0.4 is 10.6 Å². The second-order valence-electron chi connectivity index (χ2n) is 6.66. The lowest BCUT2D eigenvalue weighted by Crippen LogP contribution is -2.33. The van der Waals surface area contributed by atoms with Crippen molar-refractivity contribution in [2.75, 3.05) is 0 Å². The van der Waals surface area contributed by atoms with Gasteiger partial charge in [0.05, 0.1) is 0 Å². The molecule has 0 aliphatic rings. The van der Waals surface area contributed by atoms with Gasteiger partial charge in [0.2, 0.25) is 0 Å². The van der Waals surface area contributed by atoms with E-state index < -0.39 is 6.04 Å². The molecule has 0 saturated heterocycles. The molecule has 0 spiro atoms. The predicted molar refractivity (Wildman–Crippen MR) is 114 cm³/mol. The molecule has 1 unspecified atom stereocenters. The van der Waals surface area contributed by atoms with Gasteiger partial charge in [-0.05, 0) is 37.3 Å². The molecule has 0 bridgehead atoms. The molecule has 2 aromatic carbocycles. The molecule has 0 amide bonds. The van der Waals surface area contributed by atoms with Crippen LogP contribution in [0.2, 0.25) is 0 Å². The Morgan fingerprint density at radius 2 is 1.46 bits per heavy atom. The summed E-state index contributed by atoms with van der Waals surface area (Å²) in [5, 5.41) is 2.42. The van der Waals surface area contributed by atoms with Crippen LogP contribution >= 0.6 is 6.04 Å². The van der Waals surface area contributed by atoms with Gasteiger partial charge in [-0.1, -0.05) is 97.1 Å². The van der Waals surface area contributed by atoms with Gasteiger partial charge in [-0.15, -0.1) is 6.58 Å². The molecule has 0 saturated carbocycles. The third kappa shape index (κ3) is 3.79. The Kier molecular flexibility index (Phi) is 6.38. The fraction of sp³-hybridized carbons (Fsp3) is 0.273. The molecule has 0 aliphatic carbocycles. The molecule has 2 aromatic rings. The third-order valence-corrected chi connectivity index (χ3v) is 11.0. The number of benzene rings is 2. The Bertz CT molecular complexity index is 699. The maximum atomic E-state index is 6.47. The number of hydrogen-bond acceptors (Lipinski definition) is 1. The molecule has 2 heteroatoms. The monoisotopic (exact) mass is 354 g/mol. The average Bonchev–Trinajstić information content (AvgIpc) is 2.62. The Hall–Kier alpha value is -1.43. The average molecular weight is 354 g/mol. The van der Waals surface area contributed by atoms with Crippen molar-refractivity contribution in [3.63, 3.8) is 0 Å². The van der Waals surface area contributed by atoms with E-state index in [1.807, 2.05) is 0 Å². The van der Waals surface area contributed by atoms with Crippen LogP contribution in [0, 0.1) is 0 Å². The molecule has 2 rings (SSSR count). The van der Waals surface area contributed by atoms with Crippen molar-refractivity contribution in [1.82, 2.24) is 0 Å². The van der Waals surface area contributed by atoms with Gasteiger partial charge in [0.25, 0.3) is 0 Å². The number of allylic oxidation sites excluding steroid dienone is 3. The summed E-state index contributed by atoms with van der Waals surface area (Å²) in [6, 6.07) is 19.2. The maximum Gasteiger partial charge on any atom is 0.0222 e. The molecule has 0 heterocycles. The van der Waals surface area contributed by atoms with Gasteiger partial charge in [0, 0.05) is 11.2 Å². The highest BCUT2D eigenvalue weighted by Gasteiger charge is 2.39. The molecule has 0 aromatic heterocycles. The molecular formula is C22H27PS. The summed E-state index contributed by atoms with van der Waals surface area (Å²) in [5.74, 6) is 0. The highest BCUT2D eigenvalue weighted by Crippen LogP contribution is 2.59. The minimum Gasteiger partial charge on any atom is -0.102 e. The Morgan fingerprint density at radius 1 is 1.00 bits per heavy atom. The first-order chi connectivity index (χ1) is 11.4. The Labute approximate surface area is 152 Å². The minimum absolute atomic E-state index is 0.114. The molecule has 0 N–H and O–H groups in total. The van der Waals surface area contributed by atoms with Gasteiger partial charge in [0.1, 0.15) is 0 Å². The van der Waals surface area contributed by atoms with E-state index >= 15 is 0 Å². The molecule has 0 radical (unpaired) electrons. The normalized spacial score (nSPS) is 13.8. The summed E-state index contributed by atoms with van der Waals surface area (Å²) in [6.07, 6.45) is 6.45. The predicted octanol–water partition coefficient (Wildman–Crippen LogP) is 5.81. The molecular weight excluding hydrogens is 327 g/mol. The second kappa shape index (κ2) is 8.10. The highest BCUT2D eigenvalue weighted by molar-refractivity contribution is 8.22. The van der Waals surface area contributed by atoms with Gasteiger partial charge in [-0.25, -0.2) is 0 Å². The van der Waals surface area contributed by atoms with Crippen molar-refractivity contribution in [2.45, 2.75) is 38.8 Å². The smallest absolute Gasteiger partial charge is 0.0222 e. The van der Waals surface area contributed by atoms with Crippen molar-refractivity contribution in [3.05, 3.63) is 85.0 Å². The van der Waals surface area contributed by atoms with Gasteiger partial charge in [-0.3, -0.25) is 0 Å². The van der Waals surface area contributed by atoms with E-state index in [4.69, 9.17) is 11.8 Å². The van der Waals surface area contributed by atoms with Crippen molar-refractivity contribution >= 4 is 28.5 Å². The van der Waals surface area contributed by atoms with Crippen molar-refractivity contribution in [2.24, 2.45) is 0 Å². The van der Waals surface area contributed by atoms with Crippen LogP contribution in [0.5, 0.6) is 0 Å². The first kappa shape index (κ1) is 18.9. The SMILES string of the molecule is C=CC(C)(CCC=C(C)C)P(=S)(c1ccccc1)c1ccccc1. The van der Waals surface area contributed by atoms with Crippen LogP contribution in [-0.4, -0.2) is 5.16 Å². The van der Waals surface area contributed by atoms with E-state index in [0.29, 0.717) is 0 Å². The highest BCUT2D eigenvalue weighted by atomic mass is 32.4. The molecule has 126 valence electrons. The fourth-order valence-corrected chi connectivity index (χ4v) is 7.65. The van der Waals surface area contributed by atoms with Crippen molar-refractivity contribution < 1.29 is 0 Å². The van der Waals surface area contributed by atoms with Crippen LogP contribution in [0.3, 0.4) is 0 Å². The lowest BCUT2D eigenvalue weighted by atomic mass is 10.0. The van der Waals surface area contributed by atoms with Crippen LogP contribution in [0.25, 0.3) is 0 Å². The lowest BCUT2D eigenvalue weighted by Gasteiger charge is -2.40. The maximum absolute atomic E-state index is 6.47. The van der Waals surface area contributed by atoms with Gasteiger partial charge >= 0.3 is 0 Å². The summed E-state index contributed by atoms with van der Waals surface area (Å²) >= 11 is 6.47. The van der Waals surface area contributed by atoms with Crippen LogP contribution in [-0.2, 0) is 11.8 Å². The fourth-order valence-electron chi connectivity index (χ4n) is 3.06. The summed E-state index contributed by atoms with van der Waals surface area (Å²) in [7, 11) is 0. The summed E-state index contributed by atoms with van der Waals surface area (Å²) in [4.78, 5) is 0. The largest absolute Gasteiger partial charge is 0.102 e. The van der Waals surface area contributed by atoms with E-state index in [2.05, 4.69) is 100 Å². The van der Waals surface area contributed by atoms with E-state index in [-0.39, 0.29) is 5.16 Å². The minimum atomic E-state index is -2.02. The first-order valence-corrected chi connectivity index (χ1v) is 11.2. The molecule has 1 atom stereocenters. The number of rotatable bonds is 7. The summed E-state index contributed by atoms with van der Waals surface area (Å²) < 4.78 is 0. The van der Waals surface area contributed by atoms with Crippen LogP contribution in [0.1, 0.15) is 33.6 Å². The van der Waals surface area contributed by atoms with E-state index in [9.17, 15) is 0 Å². The summed E-state index contributed by atoms with van der Waals surface area (Å²) in [5.41, 5.74) is 1.36. The molecule has 0 nitrogen and oxygen atoms in total. The van der Waals surface area contributed by atoms with Crippen molar-refractivity contribution in [1.29, 1.82) is 0 Å². The van der Waals surface area contributed by atoms with E-state index in [0.717, 1.165) is 12.8 Å². The summed E-state index contributed by atoms with van der Waals surface area (Å²) in [6.45, 7) is 10.8. The topological polar surface area (TPSA) is 0 Å².